The van der Waals surface area contributed by atoms with E-state index in [4.69, 9.17) is 0 Å². The molecule has 2 nitrogen and oxygen atoms in total. The van der Waals surface area contributed by atoms with Crippen molar-refractivity contribution >= 4 is 12.6 Å². The van der Waals surface area contributed by atoms with Crippen LogP contribution in [0.25, 0.3) is 0 Å². The van der Waals surface area contributed by atoms with Crippen molar-refractivity contribution in [3.05, 3.63) is 0 Å². The molecule has 0 aromatic rings. The van der Waals surface area contributed by atoms with Gasteiger partial charge in [0.1, 0.15) is 0 Å². The summed E-state index contributed by atoms with van der Waals surface area (Å²) in [7, 11) is 0. The average molecular weight is 95.1 g/mol. The first-order valence-corrected chi connectivity index (χ1v) is 2.22. The molecular weight excluding hydrogens is 88.1 g/mol. The number of aliphatic imine (C=N–C) groups is 2. The molecule has 0 atom stereocenters. The molecule has 0 bridgehead atoms. The van der Waals surface area contributed by atoms with Crippen molar-refractivity contribution in [2.45, 2.75) is 19.4 Å². The fourth-order valence-electron chi connectivity index (χ4n) is 0.373. The van der Waals surface area contributed by atoms with Crippen molar-refractivity contribution in [3.63, 3.8) is 0 Å². The van der Waals surface area contributed by atoms with Gasteiger partial charge in [-0.15, -0.1) is 0 Å². The monoisotopic (exact) mass is 95.1 g/mol. The van der Waals surface area contributed by atoms with Gasteiger partial charge < -0.3 is 0 Å². The zero-order valence-corrected chi connectivity index (χ0v) is 4.47. The van der Waals surface area contributed by atoms with E-state index in [1.807, 2.05) is 13.8 Å². The van der Waals surface area contributed by atoms with Crippen LogP contribution >= 0.6 is 0 Å². The lowest BCUT2D eigenvalue weighted by molar-refractivity contribution is 0.733. The lowest BCUT2D eigenvalue weighted by atomic mass is 10.1. The van der Waals surface area contributed by atoms with Crippen molar-refractivity contribution in [1.29, 1.82) is 0 Å². The van der Waals surface area contributed by atoms with Gasteiger partial charge in [0, 0.05) is 6.21 Å². The van der Waals surface area contributed by atoms with Crippen molar-refractivity contribution < 1.29 is 0 Å². The second kappa shape index (κ2) is 1.15. The molecule has 1 heterocycles. The summed E-state index contributed by atoms with van der Waals surface area (Å²) in [6.45, 7) is 3.97. The van der Waals surface area contributed by atoms with Gasteiger partial charge in [-0.25, -0.2) is 4.99 Å². The van der Waals surface area contributed by atoms with Gasteiger partial charge in [0.2, 0.25) is 0 Å². The van der Waals surface area contributed by atoms with Crippen LogP contribution in [0, 0.1) is 0 Å². The fourth-order valence-corrected chi connectivity index (χ4v) is 0.373. The normalized spacial score (nSPS) is 23.7. The molecule has 0 amide bonds. The Morgan fingerprint density at radius 2 is 2.29 bits per heavy atom. The summed E-state index contributed by atoms with van der Waals surface area (Å²) in [5.41, 5.74) is -0.0833. The van der Waals surface area contributed by atoms with E-state index in [1.54, 1.807) is 6.21 Å². The first kappa shape index (κ1) is 4.50. The van der Waals surface area contributed by atoms with Crippen LogP contribution in [0.5, 0.6) is 0 Å². The van der Waals surface area contributed by atoms with Gasteiger partial charge in [0.05, 0.1) is 5.54 Å². The topological polar surface area (TPSA) is 24.7 Å². The van der Waals surface area contributed by atoms with E-state index in [9.17, 15) is 0 Å². The minimum atomic E-state index is -0.0833. The Kier molecular flexibility index (Phi) is 0.741. The van der Waals surface area contributed by atoms with Crippen LogP contribution in [-0.4, -0.2) is 18.1 Å². The summed E-state index contributed by atoms with van der Waals surface area (Å²) >= 11 is 0. The van der Waals surface area contributed by atoms with Crippen LogP contribution in [0.1, 0.15) is 13.8 Å². The van der Waals surface area contributed by atoms with Crippen LogP contribution < -0.4 is 0 Å². The van der Waals surface area contributed by atoms with Crippen molar-refractivity contribution in [2.24, 2.45) is 9.98 Å². The highest BCUT2D eigenvalue weighted by Gasteiger charge is 2.13. The molecule has 2 heteroatoms. The van der Waals surface area contributed by atoms with Gasteiger partial charge >= 0.3 is 0 Å². The number of hydrogen-bond donors (Lipinski definition) is 0. The molecule has 1 aliphatic rings. The Balaban J connectivity index is 2.77. The van der Waals surface area contributed by atoms with Gasteiger partial charge in [0.15, 0.2) is 6.34 Å². The molecule has 1 aliphatic heterocycles. The van der Waals surface area contributed by atoms with Crippen LogP contribution in [-0.2, 0) is 0 Å². The van der Waals surface area contributed by atoms with Crippen molar-refractivity contribution in [1.82, 2.24) is 0 Å². The zero-order valence-electron chi connectivity index (χ0n) is 4.47. The lowest BCUT2D eigenvalue weighted by Gasteiger charge is -2.04. The number of nitrogens with zero attached hydrogens (tertiary/aromatic N) is 2. The number of rotatable bonds is 0. The molecule has 0 saturated carbocycles. The summed E-state index contributed by atoms with van der Waals surface area (Å²) in [4.78, 5) is 7.59. The second-order valence-electron chi connectivity index (χ2n) is 2.12. The van der Waals surface area contributed by atoms with Crippen molar-refractivity contribution in [2.75, 3.05) is 0 Å². The number of hydrogen-bond acceptors (Lipinski definition) is 2. The Morgan fingerprint density at radius 3 is 2.43 bits per heavy atom. The maximum Gasteiger partial charge on any atom is 0.193 e. The predicted octanol–water partition coefficient (Wildman–Crippen LogP) is 0.755. The average Bonchev–Trinajstić information content (AvgIpc) is 1.84. The highest BCUT2D eigenvalue weighted by atomic mass is 15.0. The molecule has 7 heavy (non-hydrogen) atoms. The van der Waals surface area contributed by atoms with E-state index < -0.39 is 0 Å². The van der Waals surface area contributed by atoms with E-state index >= 15 is 0 Å². The van der Waals surface area contributed by atoms with E-state index in [1.165, 1.54) is 0 Å². The van der Waals surface area contributed by atoms with Gasteiger partial charge in [-0.1, -0.05) is 0 Å². The Bertz CT molecular complexity index is 108. The SMILES string of the molecule is CC1(C)C=N[C]=N1. The predicted molar refractivity (Wildman–Crippen MR) is 30.0 cm³/mol. The Hall–Kier alpha value is -0.660. The zero-order chi connectivity index (χ0) is 5.33. The first-order chi connectivity index (χ1) is 3.21. The highest BCUT2D eigenvalue weighted by molar-refractivity contribution is 5.85. The van der Waals surface area contributed by atoms with E-state index in [0.29, 0.717) is 0 Å². The lowest BCUT2D eigenvalue weighted by Crippen LogP contribution is -2.13. The van der Waals surface area contributed by atoms with Crippen LogP contribution in [0.15, 0.2) is 9.98 Å². The quantitative estimate of drug-likeness (QED) is 0.424. The van der Waals surface area contributed by atoms with Gasteiger partial charge in [-0.3, -0.25) is 4.99 Å². The molecule has 0 aliphatic carbocycles. The van der Waals surface area contributed by atoms with Crippen molar-refractivity contribution in [3.8, 4) is 0 Å². The van der Waals surface area contributed by atoms with E-state index in [2.05, 4.69) is 16.3 Å². The fraction of sp³-hybridized carbons (Fsp3) is 0.600. The third kappa shape index (κ3) is 0.856. The molecular formula is C5H7N2. The third-order valence-corrected chi connectivity index (χ3v) is 0.776. The summed E-state index contributed by atoms with van der Waals surface area (Å²) in [5.74, 6) is 0. The first-order valence-electron chi connectivity index (χ1n) is 2.22. The Morgan fingerprint density at radius 1 is 1.57 bits per heavy atom. The molecule has 0 saturated heterocycles. The maximum atomic E-state index is 3.90. The van der Waals surface area contributed by atoms with Gasteiger partial charge in [0.25, 0.3) is 0 Å². The Labute approximate surface area is 43.0 Å². The molecule has 0 fully saturated rings. The summed E-state index contributed by atoms with van der Waals surface area (Å²) in [6, 6.07) is 0. The summed E-state index contributed by atoms with van der Waals surface area (Å²) < 4.78 is 0. The molecule has 0 spiro atoms. The van der Waals surface area contributed by atoms with Gasteiger partial charge in [-0.2, -0.15) is 0 Å². The summed E-state index contributed by atoms with van der Waals surface area (Å²) in [5, 5.41) is 0. The van der Waals surface area contributed by atoms with E-state index in [-0.39, 0.29) is 5.54 Å². The maximum absolute atomic E-state index is 3.90. The highest BCUT2D eigenvalue weighted by Crippen LogP contribution is 2.07. The molecule has 0 aromatic carbocycles. The standard InChI is InChI=1S/C5H7N2/c1-5(2)3-6-4-7-5/h3H,1-2H3. The second-order valence-corrected chi connectivity index (χ2v) is 2.12. The van der Waals surface area contributed by atoms with Crippen LogP contribution in [0.4, 0.5) is 0 Å². The molecule has 37 valence electrons. The minimum absolute atomic E-state index is 0.0833. The molecule has 0 aromatic heterocycles. The molecule has 0 N–H and O–H groups in total. The summed E-state index contributed by atoms with van der Waals surface area (Å²) in [6.07, 6.45) is 4.28. The minimum Gasteiger partial charge on any atom is -0.251 e. The van der Waals surface area contributed by atoms with Crippen LogP contribution in [0.3, 0.4) is 0 Å². The van der Waals surface area contributed by atoms with E-state index in [0.717, 1.165) is 0 Å². The largest absolute Gasteiger partial charge is 0.251 e. The third-order valence-electron chi connectivity index (χ3n) is 0.776. The van der Waals surface area contributed by atoms with Gasteiger partial charge in [-0.05, 0) is 13.8 Å². The van der Waals surface area contributed by atoms with Crippen LogP contribution in [0.2, 0.25) is 0 Å². The molecule has 0 unspecified atom stereocenters. The molecule has 1 rings (SSSR count). The smallest absolute Gasteiger partial charge is 0.193 e. The molecule has 1 radical (unpaired) electrons.